The van der Waals surface area contributed by atoms with E-state index in [1.54, 1.807) is 13.0 Å². The van der Waals surface area contributed by atoms with Crippen LogP contribution >= 0.6 is 11.7 Å². The zero-order chi connectivity index (χ0) is 14.8. The zero-order valence-electron chi connectivity index (χ0n) is 9.78. The van der Waals surface area contributed by atoms with Gasteiger partial charge in [-0.2, -0.15) is 0 Å². The molecule has 0 aliphatic carbocycles. The number of ether oxygens (including phenoxy) is 1. The minimum absolute atomic E-state index is 0.297. The first-order valence-corrected chi connectivity index (χ1v) is 12.6. The Labute approximate surface area is 137 Å². The van der Waals surface area contributed by atoms with Crippen molar-refractivity contribution in [1.29, 1.82) is 0 Å². The summed E-state index contributed by atoms with van der Waals surface area (Å²) in [5, 5.41) is 2.46. The third-order valence-corrected chi connectivity index (χ3v) is 6.73. The molecule has 0 aliphatic rings. The minimum Gasteiger partial charge on any atom is -0.453 e. The standard InChI is InChI=1S/C8H10N2O2S7/c1-4-7(18(13)14)5(19(15,16)17)3-6(9-4)10-8(11)12-2/h3,18H,1-2H3,(H,9,10,11)(H,15,16,17). The number of aromatic nitrogens is 1. The first kappa shape index (κ1) is 17.4. The van der Waals surface area contributed by atoms with Gasteiger partial charge in [-0.25, -0.2) is 9.78 Å². The quantitative estimate of drug-likeness (QED) is 0.534. The fraction of sp³-hybridized carbons (Fsp3) is 0.250. The van der Waals surface area contributed by atoms with Gasteiger partial charge in [-0.3, -0.25) is 5.32 Å². The molecular formula is C8H10N2O2S7. The Morgan fingerprint density at radius 1 is 1.53 bits per heavy atom. The number of carbonyl (C=O) groups is 1. The van der Waals surface area contributed by atoms with Crippen LogP contribution in [0.3, 0.4) is 0 Å². The Morgan fingerprint density at radius 2 is 2.11 bits per heavy atom. The second-order valence-corrected chi connectivity index (χ2v) is 15.3. The maximum atomic E-state index is 11.2. The van der Waals surface area contributed by atoms with Crippen LogP contribution in [0.1, 0.15) is 5.69 Å². The van der Waals surface area contributed by atoms with Gasteiger partial charge in [0.1, 0.15) is 5.82 Å². The molecule has 0 saturated carbocycles. The van der Waals surface area contributed by atoms with Gasteiger partial charge < -0.3 is 4.74 Å². The van der Waals surface area contributed by atoms with Crippen molar-refractivity contribution in [2.24, 2.45) is 0 Å². The van der Waals surface area contributed by atoms with Crippen molar-refractivity contribution in [3.8, 4) is 0 Å². The SMILES string of the molecule is COC(=O)Nc1cc(S(=S)(=S)S)c([SH](=S)=S)c(C)n1. The fourth-order valence-corrected chi connectivity index (χ4v) is 6.71. The van der Waals surface area contributed by atoms with Crippen molar-refractivity contribution in [2.45, 2.75) is 16.7 Å². The van der Waals surface area contributed by atoms with Gasteiger partial charge in [0.2, 0.25) is 0 Å². The number of aryl methyl sites for hydroxylation is 1. The number of thiol groups is 2. The monoisotopic (exact) mass is 390 g/mol. The van der Waals surface area contributed by atoms with Crippen molar-refractivity contribution in [3.05, 3.63) is 11.8 Å². The summed E-state index contributed by atoms with van der Waals surface area (Å²) in [4.78, 5) is 16.7. The normalized spacial score (nSPS) is 11.4. The molecule has 0 saturated heterocycles. The molecule has 106 valence electrons. The fourth-order valence-electron chi connectivity index (χ4n) is 1.28. The van der Waals surface area contributed by atoms with E-state index in [4.69, 9.17) is 44.8 Å². The summed E-state index contributed by atoms with van der Waals surface area (Å²) in [5.74, 6) is 0.297. The number of hydrogen-bond acceptors (Lipinski definition) is 7. The third kappa shape index (κ3) is 4.69. The molecule has 1 heterocycles. The van der Waals surface area contributed by atoms with Crippen molar-refractivity contribution < 1.29 is 9.53 Å². The Hall–Kier alpha value is 0.350. The zero-order valence-corrected chi connectivity index (χ0v) is 15.6. The van der Waals surface area contributed by atoms with Crippen molar-refractivity contribution >= 4 is 82.5 Å². The summed E-state index contributed by atoms with van der Waals surface area (Å²) in [6, 6.07) is 1.58. The van der Waals surface area contributed by atoms with Gasteiger partial charge in [0.25, 0.3) is 0 Å². The van der Waals surface area contributed by atoms with E-state index in [0.717, 1.165) is 0 Å². The molecule has 4 nitrogen and oxygen atoms in total. The molecule has 0 fully saturated rings. The van der Waals surface area contributed by atoms with Crippen LogP contribution in [-0.4, -0.2) is 18.2 Å². The number of anilines is 1. The molecule has 1 amide bonds. The lowest BCUT2D eigenvalue weighted by atomic mass is 10.3. The van der Waals surface area contributed by atoms with Gasteiger partial charge >= 0.3 is 6.09 Å². The van der Waals surface area contributed by atoms with Crippen LogP contribution in [0.4, 0.5) is 10.6 Å². The van der Waals surface area contributed by atoms with Gasteiger partial charge in [0, 0.05) is 9.79 Å². The molecule has 1 N–H and O–H groups in total. The predicted octanol–water partition coefficient (Wildman–Crippen LogP) is 1.48. The van der Waals surface area contributed by atoms with E-state index in [2.05, 4.69) is 26.7 Å². The molecule has 0 unspecified atom stereocenters. The van der Waals surface area contributed by atoms with Crippen LogP contribution in [0.2, 0.25) is 0 Å². The van der Waals surface area contributed by atoms with Crippen LogP contribution in [0.15, 0.2) is 15.9 Å². The number of nitrogens with zero attached hydrogens (tertiary/aromatic N) is 1. The van der Waals surface area contributed by atoms with Gasteiger partial charge in [-0.1, -0.05) is 19.7 Å². The van der Waals surface area contributed by atoms with E-state index < -0.39 is 20.3 Å². The largest absolute Gasteiger partial charge is 0.453 e. The Kier molecular flexibility index (Phi) is 6.29. The van der Waals surface area contributed by atoms with Crippen molar-refractivity contribution in [1.82, 2.24) is 4.98 Å². The molecule has 0 radical (unpaired) electrons. The third-order valence-electron chi connectivity index (χ3n) is 2.01. The Morgan fingerprint density at radius 3 is 2.53 bits per heavy atom. The summed E-state index contributed by atoms with van der Waals surface area (Å²) in [6.45, 7) is 1.75. The lowest BCUT2D eigenvalue weighted by molar-refractivity contribution is 0.187. The second kappa shape index (κ2) is 6.87. The lowest BCUT2D eigenvalue weighted by Gasteiger charge is -2.13. The van der Waals surface area contributed by atoms with Crippen LogP contribution in [-0.2, 0) is 63.7 Å². The molecule has 1 aromatic rings. The average molecular weight is 391 g/mol. The molecule has 0 atom stereocenters. The molecule has 1 rings (SSSR count). The first-order chi connectivity index (χ1) is 8.66. The summed E-state index contributed by atoms with van der Waals surface area (Å²) in [7, 11) is 0.0224. The summed E-state index contributed by atoms with van der Waals surface area (Å²) in [6.07, 6.45) is -2.78. The predicted molar refractivity (Wildman–Crippen MR) is 96.1 cm³/mol. The summed E-state index contributed by atoms with van der Waals surface area (Å²) in [5.41, 5.74) is 0.612. The van der Waals surface area contributed by atoms with Crippen LogP contribution in [0.5, 0.6) is 0 Å². The molecule has 1 aromatic heterocycles. The van der Waals surface area contributed by atoms with E-state index in [0.29, 0.717) is 21.3 Å². The summed E-state index contributed by atoms with van der Waals surface area (Å²) < 4.78 is 4.51. The number of pyridine rings is 1. The number of hydrogen-bond donors (Lipinski definition) is 3. The Balaban J connectivity index is 3.53. The molecule has 19 heavy (non-hydrogen) atoms. The molecule has 0 spiro atoms. The van der Waals surface area contributed by atoms with Gasteiger partial charge in [-0.15, -0.1) is 0 Å². The molecule has 0 aliphatic heterocycles. The molecule has 0 bridgehead atoms. The maximum Gasteiger partial charge on any atom is 0.412 e. The van der Waals surface area contributed by atoms with Crippen LogP contribution in [0.25, 0.3) is 0 Å². The highest BCUT2D eigenvalue weighted by Crippen LogP contribution is 2.27. The van der Waals surface area contributed by atoms with Crippen LogP contribution in [0, 0.1) is 6.92 Å². The van der Waals surface area contributed by atoms with E-state index in [1.807, 2.05) is 0 Å². The molecular weight excluding hydrogens is 381 g/mol. The van der Waals surface area contributed by atoms with Gasteiger partial charge in [0.15, 0.2) is 0 Å². The Bertz CT molecular complexity index is 685. The van der Waals surface area contributed by atoms with Gasteiger partial charge in [-0.05, 0) is 63.9 Å². The highest BCUT2D eigenvalue weighted by Gasteiger charge is 2.15. The van der Waals surface area contributed by atoms with E-state index in [1.165, 1.54) is 7.11 Å². The topological polar surface area (TPSA) is 51.2 Å². The molecule has 0 aromatic carbocycles. The van der Waals surface area contributed by atoms with Gasteiger partial charge in [0.05, 0.1) is 12.8 Å². The summed E-state index contributed by atoms with van der Waals surface area (Å²) >= 11 is 25.0. The lowest BCUT2D eigenvalue weighted by Crippen LogP contribution is -2.13. The van der Waals surface area contributed by atoms with Crippen molar-refractivity contribution in [3.63, 3.8) is 0 Å². The highest BCUT2D eigenvalue weighted by molar-refractivity contribution is 8.93. The highest BCUT2D eigenvalue weighted by atomic mass is 33.5. The number of methoxy groups -OCH3 is 1. The number of carbonyl (C=O) groups excluding carboxylic acids is 1. The first-order valence-electron chi connectivity index (χ1n) is 4.65. The molecule has 11 heteroatoms. The van der Waals surface area contributed by atoms with Crippen LogP contribution < -0.4 is 5.32 Å². The maximum absolute atomic E-state index is 11.2. The average Bonchev–Trinajstić information content (AvgIpc) is 2.26. The smallest absolute Gasteiger partial charge is 0.412 e. The van der Waals surface area contributed by atoms with E-state index >= 15 is 0 Å². The van der Waals surface area contributed by atoms with E-state index in [9.17, 15) is 4.79 Å². The minimum atomic E-state index is -2.15. The van der Waals surface area contributed by atoms with Crippen molar-refractivity contribution in [2.75, 3.05) is 12.4 Å². The number of rotatable bonds is 3. The number of nitrogens with one attached hydrogen (secondary N) is 1. The second-order valence-electron chi connectivity index (χ2n) is 3.29. The number of amides is 1. The van der Waals surface area contributed by atoms with E-state index in [-0.39, 0.29) is 0 Å².